The summed E-state index contributed by atoms with van der Waals surface area (Å²) in [5, 5.41) is 1.39. The Bertz CT molecular complexity index is 749. The van der Waals surface area contributed by atoms with Gasteiger partial charge in [-0.1, -0.05) is 42.0 Å². The maximum Gasteiger partial charge on any atom is 0.0500 e. The maximum atomic E-state index is 3.59. The van der Waals surface area contributed by atoms with E-state index in [0.29, 0.717) is 0 Å². The molecule has 2 aromatic carbocycles. The zero-order chi connectivity index (χ0) is 12.1. The smallest absolute Gasteiger partial charge is 0.0500 e. The van der Waals surface area contributed by atoms with Crippen LogP contribution in [-0.4, -0.2) is 4.98 Å². The average molecular weight is 233 g/mol. The number of H-pyrrole nitrogens is 1. The number of nitrogens with one attached hydrogen (secondary N) is 1. The molecule has 0 aliphatic heterocycles. The van der Waals surface area contributed by atoms with Crippen LogP contribution in [0.3, 0.4) is 0 Å². The molecule has 0 atom stereocenters. The Hall–Kier alpha value is -2.02. The van der Waals surface area contributed by atoms with Gasteiger partial charge >= 0.3 is 0 Å². The van der Waals surface area contributed by atoms with Crippen LogP contribution in [0, 0.1) is 6.92 Å². The summed E-state index contributed by atoms with van der Waals surface area (Å²) in [6.07, 6.45) is 2.31. The van der Waals surface area contributed by atoms with Crippen molar-refractivity contribution in [3.05, 3.63) is 59.2 Å². The molecule has 0 amide bonds. The predicted octanol–water partition coefficient (Wildman–Crippen LogP) is 4.24. The first kappa shape index (κ1) is 9.95. The molecule has 1 heterocycles. The third-order valence-corrected chi connectivity index (χ3v) is 3.99. The quantitative estimate of drug-likeness (QED) is 0.597. The highest BCUT2D eigenvalue weighted by molar-refractivity contribution is 5.92. The Morgan fingerprint density at radius 3 is 2.83 bits per heavy atom. The fraction of sp³-hybridized carbons (Fsp3) is 0.176. The number of aryl methyl sites for hydroxylation is 3. The minimum absolute atomic E-state index is 1.15. The van der Waals surface area contributed by atoms with Crippen molar-refractivity contribution in [2.75, 3.05) is 0 Å². The van der Waals surface area contributed by atoms with Gasteiger partial charge in [-0.15, -0.1) is 0 Å². The predicted molar refractivity (Wildman–Crippen MR) is 75.9 cm³/mol. The van der Waals surface area contributed by atoms with Crippen LogP contribution in [0.4, 0.5) is 0 Å². The van der Waals surface area contributed by atoms with Gasteiger partial charge in [0.15, 0.2) is 0 Å². The van der Waals surface area contributed by atoms with E-state index in [1.54, 1.807) is 0 Å². The summed E-state index contributed by atoms with van der Waals surface area (Å²) >= 11 is 0. The number of hydrogen-bond acceptors (Lipinski definition) is 0. The largest absolute Gasteiger partial charge is 0.354 e. The molecule has 1 heteroatoms. The standard InChI is InChI=1S/C17H15N/c1-11-6-8-13-12(10-11)7-9-15-14-4-2-3-5-16(14)18-17(13)15/h2-6,8,10,18H,7,9H2,1H3. The summed E-state index contributed by atoms with van der Waals surface area (Å²) < 4.78 is 0. The van der Waals surface area contributed by atoms with Gasteiger partial charge in [-0.25, -0.2) is 0 Å². The number of aromatic amines is 1. The molecule has 1 aromatic heterocycles. The van der Waals surface area contributed by atoms with E-state index in [4.69, 9.17) is 0 Å². The van der Waals surface area contributed by atoms with Crippen molar-refractivity contribution in [1.29, 1.82) is 0 Å². The van der Waals surface area contributed by atoms with E-state index < -0.39 is 0 Å². The highest BCUT2D eigenvalue weighted by Crippen LogP contribution is 2.37. The van der Waals surface area contributed by atoms with Crippen LogP contribution in [0.15, 0.2) is 42.5 Å². The van der Waals surface area contributed by atoms with Crippen LogP contribution in [-0.2, 0) is 12.8 Å². The van der Waals surface area contributed by atoms with Crippen molar-refractivity contribution < 1.29 is 0 Å². The second-order valence-corrected chi connectivity index (χ2v) is 5.18. The summed E-state index contributed by atoms with van der Waals surface area (Å²) in [6.45, 7) is 2.17. The molecule has 0 radical (unpaired) electrons. The molecule has 4 rings (SSSR count). The first-order valence-electron chi connectivity index (χ1n) is 6.52. The summed E-state index contributed by atoms with van der Waals surface area (Å²) in [4.78, 5) is 3.59. The fourth-order valence-corrected chi connectivity index (χ4v) is 3.12. The zero-order valence-electron chi connectivity index (χ0n) is 10.5. The molecule has 1 N–H and O–H groups in total. The van der Waals surface area contributed by atoms with Crippen molar-refractivity contribution >= 4 is 10.9 Å². The van der Waals surface area contributed by atoms with E-state index in [1.807, 2.05) is 0 Å². The SMILES string of the molecule is Cc1ccc2c(c1)CCc1c-2[nH]c2ccccc12. The second-order valence-electron chi connectivity index (χ2n) is 5.18. The molecule has 0 unspecified atom stereocenters. The van der Waals surface area contributed by atoms with E-state index in [0.717, 1.165) is 12.8 Å². The Kier molecular flexibility index (Phi) is 1.93. The molecule has 0 fully saturated rings. The molecule has 3 aromatic rings. The molecule has 1 nitrogen and oxygen atoms in total. The van der Waals surface area contributed by atoms with Crippen molar-refractivity contribution in [2.24, 2.45) is 0 Å². The molecule has 0 spiro atoms. The van der Waals surface area contributed by atoms with Gasteiger partial charge in [0.05, 0.1) is 0 Å². The average Bonchev–Trinajstić information content (AvgIpc) is 2.77. The van der Waals surface area contributed by atoms with Gasteiger partial charge in [0.2, 0.25) is 0 Å². The molecule has 1 aliphatic rings. The lowest BCUT2D eigenvalue weighted by molar-refractivity contribution is 0.945. The van der Waals surface area contributed by atoms with E-state index in [9.17, 15) is 0 Å². The maximum absolute atomic E-state index is 3.59. The number of rotatable bonds is 0. The van der Waals surface area contributed by atoms with Crippen molar-refractivity contribution in [1.82, 2.24) is 4.98 Å². The molecular formula is C17H15N. The van der Waals surface area contributed by atoms with E-state index >= 15 is 0 Å². The highest BCUT2D eigenvalue weighted by atomic mass is 14.7. The second kappa shape index (κ2) is 3.49. The van der Waals surface area contributed by atoms with Crippen molar-refractivity contribution in [3.63, 3.8) is 0 Å². The summed E-state index contributed by atoms with van der Waals surface area (Å²) in [7, 11) is 0. The third-order valence-electron chi connectivity index (χ3n) is 3.99. The van der Waals surface area contributed by atoms with Crippen LogP contribution >= 0.6 is 0 Å². The van der Waals surface area contributed by atoms with E-state index in [-0.39, 0.29) is 0 Å². The zero-order valence-corrected chi connectivity index (χ0v) is 10.5. The third kappa shape index (κ3) is 1.28. The molecule has 18 heavy (non-hydrogen) atoms. The molecule has 0 saturated carbocycles. The first-order chi connectivity index (χ1) is 8.83. The minimum Gasteiger partial charge on any atom is -0.354 e. The Labute approximate surface area is 106 Å². The lowest BCUT2D eigenvalue weighted by atomic mass is 9.88. The molecule has 1 aliphatic carbocycles. The Balaban J connectivity index is 2.06. The van der Waals surface area contributed by atoms with Gasteiger partial charge in [-0.3, -0.25) is 0 Å². The topological polar surface area (TPSA) is 15.8 Å². The van der Waals surface area contributed by atoms with Crippen LogP contribution in [0.2, 0.25) is 0 Å². The molecule has 0 bridgehead atoms. The molecular weight excluding hydrogens is 218 g/mol. The molecule has 88 valence electrons. The number of hydrogen-bond donors (Lipinski definition) is 1. The number of benzene rings is 2. The van der Waals surface area contributed by atoms with Crippen LogP contribution in [0.1, 0.15) is 16.7 Å². The number of aromatic nitrogens is 1. The minimum atomic E-state index is 1.15. The van der Waals surface area contributed by atoms with E-state index in [2.05, 4.69) is 54.4 Å². The normalized spacial score (nSPS) is 13.4. The number of fused-ring (bicyclic) bond motifs is 5. The van der Waals surface area contributed by atoms with Gasteiger partial charge in [-0.05, 0) is 37.0 Å². The summed E-state index contributed by atoms with van der Waals surface area (Å²) in [6, 6.07) is 15.4. The summed E-state index contributed by atoms with van der Waals surface area (Å²) in [5.41, 5.74) is 8.30. The lowest BCUT2D eigenvalue weighted by Crippen LogP contribution is -2.02. The Morgan fingerprint density at radius 1 is 1.00 bits per heavy atom. The van der Waals surface area contributed by atoms with Gasteiger partial charge in [-0.2, -0.15) is 0 Å². The monoisotopic (exact) mass is 233 g/mol. The van der Waals surface area contributed by atoms with Crippen molar-refractivity contribution in [3.8, 4) is 11.3 Å². The molecule has 0 saturated heterocycles. The van der Waals surface area contributed by atoms with Gasteiger partial charge in [0, 0.05) is 22.2 Å². The Morgan fingerprint density at radius 2 is 1.89 bits per heavy atom. The van der Waals surface area contributed by atoms with Crippen molar-refractivity contribution in [2.45, 2.75) is 19.8 Å². The number of para-hydroxylation sites is 1. The highest BCUT2D eigenvalue weighted by Gasteiger charge is 2.19. The van der Waals surface area contributed by atoms with Gasteiger partial charge < -0.3 is 4.98 Å². The lowest BCUT2D eigenvalue weighted by Gasteiger charge is -2.17. The van der Waals surface area contributed by atoms with E-state index in [1.165, 1.54) is 38.9 Å². The van der Waals surface area contributed by atoms with Crippen LogP contribution < -0.4 is 0 Å². The van der Waals surface area contributed by atoms with Gasteiger partial charge in [0.1, 0.15) is 0 Å². The van der Waals surface area contributed by atoms with Crippen LogP contribution in [0.5, 0.6) is 0 Å². The van der Waals surface area contributed by atoms with Gasteiger partial charge in [0.25, 0.3) is 0 Å². The first-order valence-corrected chi connectivity index (χ1v) is 6.52. The fourth-order valence-electron chi connectivity index (χ4n) is 3.12. The van der Waals surface area contributed by atoms with Crippen LogP contribution in [0.25, 0.3) is 22.2 Å². The summed E-state index contributed by atoms with van der Waals surface area (Å²) in [5.74, 6) is 0.